The molecule has 1 aliphatic heterocycles. The van der Waals surface area contributed by atoms with Gasteiger partial charge in [0.1, 0.15) is 23.7 Å². The summed E-state index contributed by atoms with van der Waals surface area (Å²) in [5.74, 6) is 2.45. The lowest BCUT2D eigenvalue weighted by molar-refractivity contribution is 0.382. The molecule has 36 heavy (non-hydrogen) atoms. The summed E-state index contributed by atoms with van der Waals surface area (Å²) in [4.78, 5) is 15.9. The first-order valence-electron chi connectivity index (χ1n) is 11.5. The molecule has 11 heteroatoms. The SMILES string of the molecule is COc1ccc(S(=O)(=O)N2CCN(c3nc(Nc4ccc(C)cc4)cc(-n4ccnc4)n3)CC2)cc1. The van der Waals surface area contributed by atoms with E-state index in [0.717, 1.165) is 5.69 Å². The number of imidazole rings is 1. The van der Waals surface area contributed by atoms with Gasteiger partial charge < -0.3 is 15.0 Å². The third-order valence-corrected chi connectivity index (χ3v) is 7.93. The summed E-state index contributed by atoms with van der Waals surface area (Å²) >= 11 is 0. The predicted molar refractivity (Wildman–Crippen MR) is 138 cm³/mol. The average Bonchev–Trinajstić information content (AvgIpc) is 3.45. The smallest absolute Gasteiger partial charge is 0.243 e. The highest BCUT2D eigenvalue weighted by atomic mass is 32.2. The van der Waals surface area contributed by atoms with Crippen molar-refractivity contribution in [3.8, 4) is 11.6 Å². The van der Waals surface area contributed by atoms with Gasteiger partial charge in [-0.25, -0.2) is 13.4 Å². The lowest BCUT2D eigenvalue weighted by Gasteiger charge is -2.34. The van der Waals surface area contributed by atoms with Gasteiger partial charge >= 0.3 is 0 Å². The largest absolute Gasteiger partial charge is 0.497 e. The van der Waals surface area contributed by atoms with E-state index in [9.17, 15) is 8.42 Å². The molecule has 3 heterocycles. The van der Waals surface area contributed by atoms with Gasteiger partial charge in [0.15, 0.2) is 0 Å². The topological polar surface area (TPSA) is 105 Å². The minimum Gasteiger partial charge on any atom is -0.497 e. The Labute approximate surface area is 210 Å². The highest BCUT2D eigenvalue weighted by Gasteiger charge is 2.29. The Hall–Kier alpha value is -3.96. The van der Waals surface area contributed by atoms with Gasteiger partial charge in [-0.1, -0.05) is 17.7 Å². The van der Waals surface area contributed by atoms with Crippen molar-refractivity contribution < 1.29 is 13.2 Å². The zero-order valence-corrected chi connectivity index (χ0v) is 20.9. The van der Waals surface area contributed by atoms with Gasteiger partial charge in [0.05, 0.1) is 12.0 Å². The van der Waals surface area contributed by atoms with Gasteiger partial charge in [0.25, 0.3) is 0 Å². The van der Waals surface area contributed by atoms with Gasteiger partial charge in [-0.05, 0) is 43.3 Å². The van der Waals surface area contributed by atoms with Crippen molar-refractivity contribution in [1.29, 1.82) is 0 Å². The van der Waals surface area contributed by atoms with Crippen LogP contribution in [0.4, 0.5) is 17.5 Å². The number of rotatable bonds is 7. The van der Waals surface area contributed by atoms with Crippen LogP contribution in [0.25, 0.3) is 5.82 Å². The maximum atomic E-state index is 13.1. The maximum absolute atomic E-state index is 13.1. The molecule has 0 saturated carbocycles. The fourth-order valence-corrected chi connectivity index (χ4v) is 5.39. The Balaban J connectivity index is 1.36. The fraction of sp³-hybridized carbons (Fsp3) is 0.240. The number of nitrogens with zero attached hydrogens (tertiary/aromatic N) is 6. The third kappa shape index (κ3) is 5.02. The van der Waals surface area contributed by atoms with Crippen molar-refractivity contribution in [3.63, 3.8) is 0 Å². The zero-order valence-electron chi connectivity index (χ0n) is 20.1. The molecule has 2 aromatic heterocycles. The molecule has 1 fully saturated rings. The second-order valence-corrected chi connectivity index (χ2v) is 10.4. The standard InChI is InChI=1S/C25H27N7O3S/c1-19-3-5-20(6-4-19)27-23-17-24(31-12-11-26-18-31)29-25(28-23)30-13-15-32(16-14-30)36(33,34)22-9-7-21(35-2)8-10-22/h3-12,17-18H,13-16H2,1-2H3,(H,27,28,29). The van der Waals surface area contributed by atoms with E-state index in [-0.39, 0.29) is 4.90 Å². The van der Waals surface area contributed by atoms with E-state index >= 15 is 0 Å². The van der Waals surface area contributed by atoms with E-state index in [4.69, 9.17) is 14.7 Å². The molecule has 1 aliphatic rings. The van der Waals surface area contributed by atoms with Crippen molar-refractivity contribution in [3.05, 3.63) is 78.9 Å². The van der Waals surface area contributed by atoms with Crippen molar-refractivity contribution in [2.45, 2.75) is 11.8 Å². The summed E-state index contributed by atoms with van der Waals surface area (Å²) in [5.41, 5.74) is 2.09. The number of nitrogens with one attached hydrogen (secondary N) is 1. The van der Waals surface area contributed by atoms with Crippen LogP contribution in [0.15, 0.2) is 78.2 Å². The van der Waals surface area contributed by atoms with Gasteiger partial charge in [-0.2, -0.15) is 14.3 Å². The summed E-state index contributed by atoms with van der Waals surface area (Å²) in [7, 11) is -2.05. The Morgan fingerprint density at radius 2 is 1.67 bits per heavy atom. The number of anilines is 3. The molecular formula is C25H27N7O3S. The van der Waals surface area contributed by atoms with Crippen LogP contribution in [0, 0.1) is 6.92 Å². The fourth-order valence-electron chi connectivity index (χ4n) is 3.96. The number of aryl methyl sites for hydroxylation is 1. The molecule has 4 aromatic rings. The molecule has 2 aromatic carbocycles. The molecule has 1 saturated heterocycles. The van der Waals surface area contributed by atoms with Crippen LogP contribution in [0.2, 0.25) is 0 Å². The highest BCUT2D eigenvalue weighted by molar-refractivity contribution is 7.89. The number of piperazine rings is 1. The maximum Gasteiger partial charge on any atom is 0.243 e. The van der Waals surface area contributed by atoms with Crippen LogP contribution >= 0.6 is 0 Å². The lowest BCUT2D eigenvalue weighted by atomic mass is 10.2. The minimum absolute atomic E-state index is 0.250. The molecule has 0 unspecified atom stereocenters. The zero-order chi connectivity index (χ0) is 25.1. The van der Waals surface area contributed by atoms with Crippen LogP contribution in [0.1, 0.15) is 5.56 Å². The number of benzene rings is 2. The number of sulfonamides is 1. The van der Waals surface area contributed by atoms with Crippen molar-refractivity contribution >= 4 is 27.5 Å². The van der Waals surface area contributed by atoms with Crippen molar-refractivity contribution in [1.82, 2.24) is 23.8 Å². The third-order valence-electron chi connectivity index (χ3n) is 6.01. The molecule has 0 spiro atoms. The van der Waals surface area contributed by atoms with Crippen molar-refractivity contribution in [2.24, 2.45) is 0 Å². The van der Waals surface area contributed by atoms with Gasteiger partial charge in [0.2, 0.25) is 16.0 Å². The molecule has 0 amide bonds. The predicted octanol–water partition coefficient (Wildman–Crippen LogP) is 3.23. The molecular weight excluding hydrogens is 478 g/mol. The molecule has 186 valence electrons. The number of methoxy groups -OCH3 is 1. The second-order valence-electron chi connectivity index (χ2n) is 8.44. The van der Waals surface area contributed by atoms with Gasteiger partial charge in [-0.3, -0.25) is 4.57 Å². The quantitative estimate of drug-likeness (QED) is 0.408. The number of ether oxygens (including phenoxy) is 1. The van der Waals surface area contributed by atoms with E-state index in [1.165, 1.54) is 9.87 Å². The Kier molecular flexibility index (Phi) is 6.57. The summed E-state index contributed by atoms with van der Waals surface area (Å²) in [6.45, 7) is 3.62. The number of aromatic nitrogens is 4. The second kappa shape index (κ2) is 9.96. The normalized spacial score (nSPS) is 14.6. The van der Waals surface area contributed by atoms with E-state index in [1.807, 2.05) is 52.9 Å². The Morgan fingerprint density at radius 3 is 2.31 bits per heavy atom. The van der Waals surface area contributed by atoms with Crippen LogP contribution in [0.5, 0.6) is 5.75 Å². The monoisotopic (exact) mass is 505 g/mol. The number of hydrogen-bond acceptors (Lipinski definition) is 8. The van der Waals surface area contributed by atoms with Crippen LogP contribution in [0.3, 0.4) is 0 Å². The Bertz CT molecular complexity index is 1420. The van der Waals surface area contributed by atoms with Crippen LogP contribution in [-0.2, 0) is 10.0 Å². The van der Waals surface area contributed by atoms with Crippen molar-refractivity contribution in [2.75, 3.05) is 43.5 Å². The van der Waals surface area contributed by atoms with Crippen LogP contribution in [-0.4, -0.2) is 65.5 Å². The average molecular weight is 506 g/mol. The molecule has 1 N–H and O–H groups in total. The molecule has 10 nitrogen and oxygen atoms in total. The first-order valence-corrected chi connectivity index (χ1v) is 13.0. The minimum atomic E-state index is -3.60. The summed E-state index contributed by atoms with van der Waals surface area (Å²) in [6.07, 6.45) is 5.19. The van der Waals surface area contributed by atoms with E-state index < -0.39 is 10.0 Å². The number of hydrogen-bond donors (Lipinski definition) is 1. The Morgan fingerprint density at radius 1 is 0.944 bits per heavy atom. The van der Waals surface area contributed by atoms with Gasteiger partial charge in [-0.15, -0.1) is 0 Å². The first kappa shape index (κ1) is 23.8. The summed E-state index contributed by atoms with van der Waals surface area (Å²) in [6, 6.07) is 16.4. The lowest BCUT2D eigenvalue weighted by Crippen LogP contribution is -2.49. The van der Waals surface area contributed by atoms with E-state index in [0.29, 0.717) is 49.5 Å². The summed E-state index contributed by atoms with van der Waals surface area (Å²) < 4.78 is 34.7. The molecule has 0 radical (unpaired) electrons. The molecule has 5 rings (SSSR count). The summed E-state index contributed by atoms with van der Waals surface area (Å²) in [5, 5.41) is 3.35. The van der Waals surface area contributed by atoms with Gasteiger partial charge in [0, 0.05) is 50.3 Å². The van der Waals surface area contributed by atoms with E-state index in [2.05, 4.69) is 10.3 Å². The molecule has 0 bridgehead atoms. The van der Waals surface area contributed by atoms with E-state index in [1.54, 1.807) is 43.9 Å². The molecule has 0 atom stereocenters. The highest BCUT2D eigenvalue weighted by Crippen LogP contribution is 2.24. The van der Waals surface area contributed by atoms with Crippen LogP contribution < -0.4 is 15.0 Å². The molecule has 0 aliphatic carbocycles. The first-order chi connectivity index (χ1) is 17.4.